The molecule has 0 amide bonds. The van der Waals surface area contributed by atoms with Crippen molar-refractivity contribution in [1.82, 2.24) is 0 Å². The summed E-state index contributed by atoms with van der Waals surface area (Å²) in [5.74, 6) is -0.851. The molecule has 0 aromatic heterocycles. The summed E-state index contributed by atoms with van der Waals surface area (Å²) in [5.41, 5.74) is 1.17. The van der Waals surface area contributed by atoms with Gasteiger partial charge in [-0.1, -0.05) is 18.6 Å². The molecule has 0 spiro atoms. The Bertz CT molecular complexity index is 572. The monoisotopic (exact) mass is 314 g/mol. The average molecular weight is 314 g/mol. The molecule has 0 fully saturated rings. The Balaban J connectivity index is 0.00000220. The molecule has 0 aliphatic rings. The third-order valence-corrected chi connectivity index (χ3v) is 2.98. The molecule has 0 N–H and O–H groups in total. The smallest absolute Gasteiger partial charge is 0.457 e. The predicted octanol–water partition coefficient (Wildman–Crippen LogP) is 2.31. The van der Waals surface area contributed by atoms with Crippen LogP contribution in [0.5, 0.6) is 11.5 Å². The summed E-state index contributed by atoms with van der Waals surface area (Å²) in [6.45, 7) is 2.04. The molecule has 0 unspecified atom stereocenters. The molecule has 106 valence electrons. The summed E-state index contributed by atoms with van der Waals surface area (Å²) in [7, 11) is 0. The third-order valence-electron chi connectivity index (χ3n) is 2.98. The predicted molar refractivity (Wildman–Crippen MR) is 75.8 cm³/mol. The standard InChI is InChI=1S/C17H17F2O.K/c1-2-3-4-6-13-7-5-8-14(11-13)20-15-9-10-16(18)17(19)12-15;/h2,5,7-12H,3-4,6H2,1H3;/q-1;+1. The maximum absolute atomic E-state index is 13.1. The van der Waals surface area contributed by atoms with Crippen molar-refractivity contribution >= 4 is 0 Å². The summed E-state index contributed by atoms with van der Waals surface area (Å²) in [6, 6.07) is 11.2. The molecule has 0 saturated heterocycles. The van der Waals surface area contributed by atoms with Gasteiger partial charge in [-0.25, -0.2) is 8.78 Å². The summed E-state index contributed by atoms with van der Waals surface area (Å²) in [6.07, 6.45) is 5.28. The normalized spacial score (nSPS) is 10.0. The van der Waals surface area contributed by atoms with E-state index in [2.05, 4.69) is 6.42 Å². The van der Waals surface area contributed by atoms with E-state index in [0.717, 1.165) is 31.4 Å². The fraction of sp³-hybridized carbons (Fsp3) is 0.235. The van der Waals surface area contributed by atoms with Crippen LogP contribution in [-0.2, 0) is 6.42 Å². The largest absolute Gasteiger partial charge is 1.00 e. The Morgan fingerprint density at radius 3 is 2.48 bits per heavy atom. The second-order valence-electron chi connectivity index (χ2n) is 4.63. The van der Waals surface area contributed by atoms with E-state index in [1.54, 1.807) is 6.07 Å². The maximum Gasteiger partial charge on any atom is 1.00 e. The minimum Gasteiger partial charge on any atom is -0.457 e. The molecular formula is C17H17F2KO. The van der Waals surface area contributed by atoms with Crippen molar-refractivity contribution in [3.63, 3.8) is 0 Å². The second-order valence-corrected chi connectivity index (χ2v) is 4.63. The van der Waals surface area contributed by atoms with Gasteiger partial charge in [-0.15, -0.1) is 0 Å². The van der Waals surface area contributed by atoms with Crippen molar-refractivity contribution in [2.75, 3.05) is 0 Å². The SMILES string of the molecule is C[CH-]CCCc1cccc(Oc2ccc(F)c(F)c2)c1.[K+]. The zero-order chi connectivity index (χ0) is 14.4. The van der Waals surface area contributed by atoms with Crippen molar-refractivity contribution in [3.05, 3.63) is 66.1 Å². The molecule has 2 rings (SSSR count). The van der Waals surface area contributed by atoms with Crippen molar-refractivity contribution < 1.29 is 64.9 Å². The van der Waals surface area contributed by atoms with Gasteiger partial charge in [0.05, 0.1) is 0 Å². The van der Waals surface area contributed by atoms with Crippen LogP contribution < -0.4 is 56.1 Å². The van der Waals surface area contributed by atoms with Gasteiger partial charge in [0.2, 0.25) is 0 Å². The molecule has 0 heterocycles. The first kappa shape index (κ1) is 18.8. The average Bonchev–Trinajstić information content (AvgIpc) is 2.44. The van der Waals surface area contributed by atoms with E-state index in [1.807, 2.05) is 25.1 Å². The van der Waals surface area contributed by atoms with E-state index >= 15 is 0 Å². The van der Waals surface area contributed by atoms with E-state index in [1.165, 1.54) is 11.6 Å². The molecule has 0 radical (unpaired) electrons. The van der Waals surface area contributed by atoms with Gasteiger partial charge in [0, 0.05) is 6.07 Å². The summed E-state index contributed by atoms with van der Waals surface area (Å²) >= 11 is 0. The third kappa shape index (κ3) is 6.16. The van der Waals surface area contributed by atoms with Crippen LogP contribution in [0.4, 0.5) is 8.78 Å². The van der Waals surface area contributed by atoms with E-state index in [-0.39, 0.29) is 51.4 Å². The van der Waals surface area contributed by atoms with Crippen LogP contribution >= 0.6 is 0 Å². The van der Waals surface area contributed by atoms with Gasteiger partial charge >= 0.3 is 51.4 Å². The van der Waals surface area contributed by atoms with Crippen LogP contribution in [0.3, 0.4) is 0 Å². The molecule has 0 saturated carbocycles. The number of unbranched alkanes of at least 4 members (excludes halogenated alkanes) is 2. The molecule has 0 aliphatic heterocycles. The molecule has 2 aromatic carbocycles. The Morgan fingerprint density at radius 1 is 1.00 bits per heavy atom. The molecule has 0 bridgehead atoms. The van der Waals surface area contributed by atoms with Crippen LogP contribution in [0, 0.1) is 18.1 Å². The first-order valence-corrected chi connectivity index (χ1v) is 6.68. The van der Waals surface area contributed by atoms with E-state index in [9.17, 15) is 8.78 Å². The van der Waals surface area contributed by atoms with Gasteiger partial charge in [-0.05, 0) is 36.2 Å². The topological polar surface area (TPSA) is 9.23 Å². The molecule has 4 heteroatoms. The van der Waals surface area contributed by atoms with Gasteiger partial charge in [0.25, 0.3) is 0 Å². The minimum absolute atomic E-state index is 0. The molecular weight excluding hydrogens is 297 g/mol. The Kier molecular flexibility index (Phi) is 8.67. The number of halogens is 2. The van der Waals surface area contributed by atoms with Crippen molar-refractivity contribution in [2.24, 2.45) is 0 Å². The molecule has 2 aromatic rings. The summed E-state index contributed by atoms with van der Waals surface area (Å²) in [4.78, 5) is 0. The Morgan fingerprint density at radius 2 is 1.76 bits per heavy atom. The molecule has 21 heavy (non-hydrogen) atoms. The number of hydrogen-bond acceptors (Lipinski definition) is 1. The van der Waals surface area contributed by atoms with Gasteiger partial charge < -0.3 is 11.2 Å². The molecule has 0 atom stereocenters. The first-order chi connectivity index (χ1) is 9.69. The van der Waals surface area contributed by atoms with Gasteiger partial charge in [0.1, 0.15) is 11.5 Å². The first-order valence-electron chi connectivity index (χ1n) is 6.68. The second kappa shape index (κ2) is 9.69. The van der Waals surface area contributed by atoms with Gasteiger partial charge in [-0.3, -0.25) is 0 Å². The van der Waals surface area contributed by atoms with Crippen molar-refractivity contribution in [1.29, 1.82) is 0 Å². The number of aryl methyl sites for hydroxylation is 1. The van der Waals surface area contributed by atoms with Crippen LogP contribution in [-0.4, -0.2) is 0 Å². The summed E-state index contributed by atoms with van der Waals surface area (Å²) < 4.78 is 31.5. The van der Waals surface area contributed by atoms with Crippen molar-refractivity contribution in [2.45, 2.75) is 26.2 Å². The molecule has 0 aliphatic carbocycles. The van der Waals surface area contributed by atoms with E-state index in [0.29, 0.717) is 11.5 Å². The maximum atomic E-state index is 13.1. The fourth-order valence-electron chi connectivity index (χ4n) is 1.95. The number of benzene rings is 2. The van der Waals surface area contributed by atoms with E-state index < -0.39 is 11.6 Å². The van der Waals surface area contributed by atoms with Gasteiger partial charge in [-0.2, -0.15) is 13.3 Å². The van der Waals surface area contributed by atoms with Crippen LogP contribution in [0.15, 0.2) is 42.5 Å². The molecule has 1 nitrogen and oxygen atoms in total. The van der Waals surface area contributed by atoms with Crippen molar-refractivity contribution in [3.8, 4) is 11.5 Å². The quantitative estimate of drug-likeness (QED) is 0.452. The van der Waals surface area contributed by atoms with Crippen LogP contribution in [0.1, 0.15) is 25.3 Å². The van der Waals surface area contributed by atoms with Gasteiger partial charge in [0.15, 0.2) is 11.6 Å². The number of hydrogen-bond donors (Lipinski definition) is 0. The Hall–Kier alpha value is -0.264. The zero-order valence-electron chi connectivity index (χ0n) is 12.4. The Labute approximate surface area is 167 Å². The fourth-order valence-corrected chi connectivity index (χ4v) is 1.95. The minimum atomic E-state index is -0.905. The zero-order valence-corrected chi connectivity index (χ0v) is 15.5. The van der Waals surface area contributed by atoms with Crippen LogP contribution in [0.25, 0.3) is 0 Å². The van der Waals surface area contributed by atoms with E-state index in [4.69, 9.17) is 4.74 Å². The van der Waals surface area contributed by atoms with Crippen LogP contribution in [0.2, 0.25) is 0 Å². The number of ether oxygens (including phenoxy) is 1. The summed E-state index contributed by atoms with van der Waals surface area (Å²) in [5, 5.41) is 0. The number of rotatable bonds is 6.